The number of aryl methyl sites for hydroxylation is 1. The molecule has 1 heterocycles. The molecular weight excluding hydrogens is 466 g/mol. The van der Waals surface area contributed by atoms with Crippen molar-refractivity contribution in [1.29, 1.82) is 0 Å². The maximum Gasteiger partial charge on any atom is 0.336 e. The van der Waals surface area contributed by atoms with Gasteiger partial charge in [-0.15, -0.1) is 0 Å². The van der Waals surface area contributed by atoms with Crippen molar-refractivity contribution in [3.05, 3.63) is 94.8 Å². The van der Waals surface area contributed by atoms with Crippen LogP contribution in [0, 0.1) is 6.92 Å². The van der Waals surface area contributed by atoms with E-state index in [1.54, 1.807) is 24.3 Å². The molecule has 0 spiro atoms. The summed E-state index contributed by atoms with van der Waals surface area (Å²) < 4.78 is 38.9. The molecule has 1 atom stereocenters. The first-order valence-electron chi connectivity index (χ1n) is 11.2. The SMILES string of the molecule is CCCC(NS(=O)(=O)c1ccc(C)cc1)C(=O)Oc1ccc2c(-c3ccccc3)cc(=O)oc2c1. The molecule has 3 aromatic carbocycles. The lowest BCUT2D eigenvalue weighted by molar-refractivity contribution is -0.136. The summed E-state index contributed by atoms with van der Waals surface area (Å²) in [6, 6.07) is 20.8. The molecule has 8 heteroatoms. The van der Waals surface area contributed by atoms with Crippen molar-refractivity contribution < 1.29 is 22.4 Å². The molecule has 1 unspecified atom stereocenters. The molecule has 0 fully saturated rings. The number of ether oxygens (including phenoxy) is 1. The van der Waals surface area contributed by atoms with Crippen LogP contribution in [0.4, 0.5) is 0 Å². The smallest absolute Gasteiger partial charge is 0.336 e. The second-order valence-corrected chi connectivity index (χ2v) is 9.91. The predicted octanol–water partition coefficient (Wildman–Crippen LogP) is 4.82. The number of fused-ring (bicyclic) bond motifs is 1. The largest absolute Gasteiger partial charge is 0.425 e. The van der Waals surface area contributed by atoms with Gasteiger partial charge in [0.25, 0.3) is 0 Å². The Morgan fingerprint density at radius 3 is 2.40 bits per heavy atom. The average Bonchev–Trinajstić information content (AvgIpc) is 2.83. The number of esters is 1. The summed E-state index contributed by atoms with van der Waals surface area (Å²) >= 11 is 0. The average molecular weight is 492 g/mol. The number of nitrogens with one attached hydrogen (secondary N) is 1. The summed E-state index contributed by atoms with van der Waals surface area (Å²) in [5.41, 5.74) is 2.20. The van der Waals surface area contributed by atoms with Crippen LogP contribution in [0.25, 0.3) is 22.1 Å². The number of carbonyl (C=O) groups excluding carboxylic acids is 1. The maximum atomic E-state index is 12.9. The van der Waals surface area contributed by atoms with Crippen LogP contribution in [-0.2, 0) is 14.8 Å². The molecule has 0 radical (unpaired) electrons. The van der Waals surface area contributed by atoms with Gasteiger partial charge in [0.1, 0.15) is 17.4 Å². The van der Waals surface area contributed by atoms with Gasteiger partial charge in [-0.3, -0.25) is 0 Å². The monoisotopic (exact) mass is 491 g/mol. The fourth-order valence-electron chi connectivity index (χ4n) is 3.74. The fraction of sp³-hybridized carbons (Fsp3) is 0.185. The van der Waals surface area contributed by atoms with Gasteiger partial charge < -0.3 is 9.15 Å². The molecule has 180 valence electrons. The maximum absolute atomic E-state index is 12.9. The van der Waals surface area contributed by atoms with Crippen molar-refractivity contribution >= 4 is 27.0 Å². The summed E-state index contributed by atoms with van der Waals surface area (Å²) in [7, 11) is -3.92. The molecule has 0 saturated heterocycles. The first-order valence-corrected chi connectivity index (χ1v) is 12.7. The molecule has 4 aromatic rings. The van der Waals surface area contributed by atoms with Gasteiger partial charge in [0.15, 0.2) is 0 Å². The molecule has 7 nitrogen and oxygen atoms in total. The molecule has 1 aromatic heterocycles. The lowest BCUT2D eigenvalue weighted by Gasteiger charge is -2.17. The minimum absolute atomic E-state index is 0.0675. The Balaban J connectivity index is 1.59. The number of rotatable bonds is 8. The Labute approximate surface area is 203 Å². The van der Waals surface area contributed by atoms with Crippen LogP contribution >= 0.6 is 0 Å². The lowest BCUT2D eigenvalue weighted by atomic mass is 10.0. The minimum Gasteiger partial charge on any atom is -0.425 e. The third-order valence-corrected chi connectivity index (χ3v) is 7.00. The molecule has 35 heavy (non-hydrogen) atoms. The number of hydrogen-bond acceptors (Lipinski definition) is 6. The zero-order chi connectivity index (χ0) is 25.0. The normalized spacial score (nSPS) is 12.4. The third kappa shape index (κ3) is 5.67. The Morgan fingerprint density at radius 2 is 1.71 bits per heavy atom. The van der Waals surface area contributed by atoms with Gasteiger partial charge in [0, 0.05) is 17.5 Å². The molecule has 0 amide bonds. The van der Waals surface area contributed by atoms with Crippen LogP contribution in [-0.4, -0.2) is 20.4 Å². The summed E-state index contributed by atoms with van der Waals surface area (Å²) in [4.78, 5) is 25.1. The van der Waals surface area contributed by atoms with Crippen molar-refractivity contribution in [3.8, 4) is 16.9 Å². The van der Waals surface area contributed by atoms with Crippen LogP contribution in [0.3, 0.4) is 0 Å². The van der Waals surface area contributed by atoms with E-state index in [0.29, 0.717) is 17.4 Å². The molecule has 0 saturated carbocycles. The van der Waals surface area contributed by atoms with Crippen LogP contribution in [0.5, 0.6) is 5.75 Å². The van der Waals surface area contributed by atoms with Gasteiger partial charge in [-0.25, -0.2) is 18.0 Å². The second-order valence-electron chi connectivity index (χ2n) is 8.20. The van der Waals surface area contributed by atoms with Gasteiger partial charge in [-0.2, -0.15) is 4.72 Å². The summed E-state index contributed by atoms with van der Waals surface area (Å²) in [6.45, 7) is 3.70. The van der Waals surface area contributed by atoms with Crippen molar-refractivity contribution in [3.63, 3.8) is 0 Å². The molecule has 4 rings (SSSR count). The van der Waals surface area contributed by atoms with Gasteiger partial charge in [0.2, 0.25) is 10.0 Å². The van der Waals surface area contributed by atoms with Crippen LogP contribution in [0.2, 0.25) is 0 Å². The number of hydrogen-bond donors (Lipinski definition) is 1. The number of carbonyl (C=O) groups is 1. The summed E-state index contributed by atoms with van der Waals surface area (Å²) in [5.74, 6) is -0.602. The molecule has 0 bridgehead atoms. The highest BCUT2D eigenvalue weighted by atomic mass is 32.2. The first kappa shape index (κ1) is 24.4. The van der Waals surface area contributed by atoms with E-state index in [0.717, 1.165) is 11.1 Å². The highest BCUT2D eigenvalue weighted by Gasteiger charge is 2.27. The van der Waals surface area contributed by atoms with Crippen molar-refractivity contribution in [1.82, 2.24) is 4.72 Å². The standard InChI is InChI=1S/C27H25NO6S/c1-3-7-24(28-35(31,32)21-13-10-18(2)11-14-21)27(30)33-20-12-15-22-23(19-8-5-4-6-9-19)17-26(29)34-25(22)16-20/h4-6,8-17,24,28H,3,7H2,1-2H3. The van der Waals surface area contributed by atoms with E-state index in [1.807, 2.05) is 44.2 Å². The van der Waals surface area contributed by atoms with E-state index in [4.69, 9.17) is 9.15 Å². The fourth-order valence-corrected chi connectivity index (χ4v) is 4.96. The summed E-state index contributed by atoms with van der Waals surface area (Å²) in [6.07, 6.45) is 0.813. The van der Waals surface area contributed by atoms with Crippen LogP contribution in [0.15, 0.2) is 93.0 Å². The number of sulfonamides is 1. The molecule has 1 N–H and O–H groups in total. The summed E-state index contributed by atoms with van der Waals surface area (Å²) in [5, 5.41) is 0.681. The lowest BCUT2D eigenvalue weighted by Crippen LogP contribution is -2.42. The van der Waals surface area contributed by atoms with Gasteiger partial charge in [-0.05, 0) is 48.7 Å². The minimum atomic E-state index is -3.92. The topological polar surface area (TPSA) is 103 Å². The highest BCUT2D eigenvalue weighted by molar-refractivity contribution is 7.89. The van der Waals surface area contributed by atoms with Gasteiger partial charge in [0.05, 0.1) is 4.90 Å². The van der Waals surface area contributed by atoms with Gasteiger partial charge in [-0.1, -0.05) is 61.4 Å². The van der Waals surface area contributed by atoms with Crippen LogP contribution < -0.4 is 15.1 Å². The molecule has 0 aliphatic heterocycles. The third-order valence-electron chi connectivity index (χ3n) is 5.51. The zero-order valence-corrected chi connectivity index (χ0v) is 20.2. The van der Waals surface area contributed by atoms with Crippen molar-refractivity contribution in [2.75, 3.05) is 0 Å². The first-order chi connectivity index (χ1) is 16.8. The number of benzene rings is 3. The van der Waals surface area contributed by atoms with E-state index in [2.05, 4.69) is 4.72 Å². The Morgan fingerprint density at radius 1 is 1.00 bits per heavy atom. The predicted molar refractivity (Wildman–Crippen MR) is 134 cm³/mol. The van der Waals surface area contributed by atoms with Crippen LogP contribution in [0.1, 0.15) is 25.3 Å². The Hall–Kier alpha value is -3.75. The van der Waals surface area contributed by atoms with E-state index < -0.39 is 27.7 Å². The molecule has 0 aliphatic carbocycles. The Bertz CT molecular complexity index is 1510. The quantitative estimate of drug-likeness (QED) is 0.215. The molecule has 0 aliphatic rings. The van der Waals surface area contributed by atoms with E-state index in [9.17, 15) is 18.0 Å². The van der Waals surface area contributed by atoms with E-state index in [1.165, 1.54) is 24.3 Å². The Kier molecular flexibility index (Phi) is 7.14. The zero-order valence-electron chi connectivity index (χ0n) is 19.4. The van der Waals surface area contributed by atoms with E-state index >= 15 is 0 Å². The van der Waals surface area contributed by atoms with Crippen molar-refractivity contribution in [2.24, 2.45) is 0 Å². The second kappa shape index (κ2) is 10.2. The highest BCUT2D eigenvalue weighted by Crippen LogP contribution is 2.29. The van der Waals surface area contributed by atoms with Crippen molar-refractivity contribution in [2.45, 2.75) is 37.6 Å². The van der Waals surface area contributed by atoms with Gasteiger partial charge >= 0.3 is 11.6 Å². The van der Waals surface area contributed by atoms with E-state index in [-0.39, 0.29) is 22.6 Å². The molecular formula is C27H25NO6S.